The molecule has 0 aliphatic heterocycles. The summed E-state index contributed by atoms with van der Waals surface area (Å²) in [6, 6.07) is 3.30. The number of amides is 1. The third-order valence-corrected chi connectivity index (χ3v) is 2.83. The summed E-state index contributed by atoms with van der Waals surface area (Å²) in [5.41, 5.74) is 3.22. The molecule has 0 spiro atoms. The lowest BCUT2D eigenvalue weighted by molar-refractivity contribution is 0.0954. The van der Waals surface area contributed by atoms with Gasteiger partial charge in [-0.1, -0.05) is 18.5 Å². The van der Waals surface area contributed by atoms with Gasteiger partial charge in [-0.25, -0.2) is 5.84 Å². The SMILES string of the molecule is CCCNc1c(Br)cc(Cl)cc1C(=O)NN. The second-order valence-corrected chi connectivity index (χ2v) is 4.50. The van der Waals surface area contributed by atoms with Gasteiger partial charge in [-0.15, -0.1) is 0 Å². The van der Waals surface area contributed by atoms with Crippen molar-refractivity contribution in [2.75, 3.05) is 11.9 Å². The first-order valence-electron chi connectivity index (χ1n) is 4.84. The van der Waals surface area contributed by atoms with Gasteiger partial charge in [0, 0.05) is 16.0 Å². The molecule has 6 heteroatoms. The molecule has 4 nitrogen and oxygen atoms in total. The first-order valence-corrected chi connectivity index (χ1v) is 6.01. The first kappa shape index (κ1) is 13.3. The molecule has 0 fully saturated rings. The normalized spacial score (nSPS) is 10.0. The van der Waals surface area contributed by atoms with Crippen molar-refractivity contribution in [2.45, 2.75) is 13.3 Å². The van der Waals surface area contributed by atoms with Crippen LogP contribution in [-0.2, 0) is 0 Å². The van der Waals surface area contributed by atoms with Crippen LogP contribution in [0.1, 0.15) is 23.7 Å². The molecule has 88 valence electrons. The van der Waals surface area contributed by atoms with Gasteiger partial charge in [0.15, 0.2) is 0 Å². The van der Waals surface area contributed by atoms with Crippen LogP contribution < -0.4 is 16.6 Å². The Balaban J connectivity index is 3.15. The number of nitrogens with two attached hydrogens (primary N) is 1. The van der Waals surface area contributed by atoms with Crippen molar-refractivity contribution in [1.82, 2.24) is 5.43 Å². The molecule has 4 N–H and O–H groups in total. The molecule has 1 amide bonds. The zero-order valence-corrected chi connectivity index (χ0v) is 11.2. The number of rotatable bonds is 4. The van der Waals surface area contributed by atoms with E-state index in [2.05, 4.69) is 26.7 Å². The van der Waals surface area contributed by atoms with Gasteiger partial charge < -0.3 is 5.32 Å². The van der Waals surface area contributed by atoms with Crippen LogP contribution >= 0.6 is 27.5 Å². The van der Waals surface area contributed by atoms with Crippen molar-refractivity contribution in [3.8, 4) is 0 Å². The highest BCUT2D eigenvalue weighted by atomic mass is 79.9. The summed E-state index contributed by atoms with van der Waals surface area (Å²) < 4.78 is 0.743. The molecule has 0 saturated carbocycles. The monoisotopic (exact) mass is 305 g/mol. The molecule has 0 aliphatic rings. The molecule has 1 aromatic carbocycles. The molecule has 0 radical (unpaired) electrons. The third kappa shape index (κ3) is 3.10. The van der Waals surface area contributed by atoms with E-state index in [4.69, 9.17) is 17.4 Å². The lowest BCUT2D eigenvalue weighted by atomic mass is 10.1. The van der Waals surface area contributed by atoms with Gasteiger partial charge in [-0.3, -0.25) is 10.2 Å². The zero-order valence-electron chi connectivity index (χ0n) is 8.81. The lowest BCUT2D eigenvalue weighted by Crippen LogP contribution is -2.30. The molecule has 0 aliphatic carbocycles. The fourth-order valence-corrected chi connectivity index (χ4v) is 2.21. The standard InChI is InChI=1S/C10H13BrClN3O/c1-2-3-14-9-7(10(16)15-13)4-6(12)5-8(9)11/h4-5,14H,2-3,13H2,1H3,(H,15,16). The fraction of sp³-hybridized carbons (Fsp3) is 0.300. The van der Waals surface area contributed by atoms with Crippen LogP contribution in [0.15, 0.2) is 16.6 Å². The Hall–Kier alpha value is -0.780. The summed E-state index contributed by atoms with van der Waals surface area (Å²) >= 11 is 9.24. The van der Waals surface area contributed by atoms with Crippen LogP contribution in [-0.4, -0.2) is 12.5 Å². The number of carbonyl (C=O) groups excluding carboxylic acids is 1. The van der Waals surface area contributed by atoms with Crippen LogP contribution in [0, 0.1) is 0 Å². The molecule has 16 heavy (non-hydrogen) atoms. The first-order chi connectivity index (χ1) is 7.60. The Morgan fingerprint density at radius 3 is 2.81 bits per heavy atom. The maximum atomic E-state index is 11.5. The summed E-state index contributed by atoms with van der Waals surface area (Å²) in [4.78, 5) is 11.5. The Kier molecular flexibility index (Phi) is 5.05. The Morgan fingerprint density at radius 1 is 1.56 bits per heavy atom. The highest BCUT2D eigenvalue weighted by molar-refractivity contribution is 9.10. The average Bonchev–Trinajstić information content (AvgIpc) is 2.26. The molecular formula is C10H13BrClN3O. The molecule has 0 aromatic heterocycles. The predicted octanol–water partition coefficient (Wildman–Crippen LogP) is 2.53. The number of benzene rings is 1. The van der Waals surface area contributed by atoms with Gasteiger partial charge in [-0.05, 0) is 34.5 Å². The highest BCUT2D eigenvalue weighted by Gasteiger charge is 2.14. The van der Waals surface area contributed by atoms with Gasteiger partial charge in [0.1, 0.15) is 0 Å². The number of hydrazine groups is 1. The van der Waals surface area contributed by atoms with E-state index in [-0.39, 0.29) is 5.91 Å². The van der Waals surface area contributed by atoms with E-state index in [1.54, 1.807) is 12.1 Å². The largest absolute Gasteiger partial charge is 0.383 e. The minimum Gasteiger partial charge on any atom is -0.383 e. The van der Waals surface area contributed by atoms with Crippen molar-refractivity contribution < 1.29 is 4.79 Å². The molecule has 0 atom stereocenters. The maximum Gasteiger partial charge on any atom is 0.267 e. The summed E-state index contributed by atoms with van der Waals surface area (Å²) in [5, 5.41) is 3.63. The summed E-state index contributed by atoms with van der Waals surface area (Å²) in [6.07, 6.45) is 0.957. The number of anilines is 1. The van der Waals surface area contributed by atoms with Crippen molar-refractivity contribution in [1.29, 1.82) is 0 Å². The number of nitrogens with one attached hydrogen (secondary N) is 2. The fourth-order valence-electron chi connectivity index (χ4n) is 1.26. The quantitative estimate of drug-likeness (QED) is 0.455. The predicted molar refractivity (Wildman–Crippen MR) is 69.6 cm³/mol. The van der Waals surface area contributed by atoms with E-state index >= 15 is 0 Å². The maximum absolute atomic E-state index is 11.5. The molecular weight excluding hydrogens is 293 g/mol. The average molecular weight is 307 g/mol. The zero-order chi connectivity index (χ0) is 12.1. The van der Waals surface area contributed by atoms with E-state index < -0.39 is 0 Å². The minimum atomic E-state index is -0.373. The van der Waals surface area contributed by atoms with E-state index in [1.165, 1.54) is 0 Å². The lowest BCUT2D eigenvalue weighted by Gasteiger charge is -2.13. The van der Waals surface area contributed by atoms with Crippen molar-refractivity contribution >= 4 is 39.1 Å². The van der Waals surface area contributed by atoms with Crippen LogP contribution in [0.2, 0.25) is 5.02 Å². The van der Waals surface area contributed by atoms with Crippen molar-refractivity contribution in [3.05, 3.63) is 27.2 Å². The van der Waals surface area contributed by atoms with Crippen LogP contribution in [0.3, 0.4) is 0 Å². The number of nitrogen functional groups attached to an aromatic ring is 1. The number of hydrogen-bond donors (Lipinski definition) is 3. The van der Waals surface area contributed by atoms with Gasteiger partial charge in [0.2, 0.25) is 0 Å². The number of halogens is 2. The van der Waals surface area contributed by atoms with E-state index in [0.717, 1.165) is 17.4 Å². The second-order valence-electron chi connectivity index (χ2n) is 3.21. The topological polar surface area (TPSA) is 67.2 Å². The third-order valence-electron chi connectivity index (χ3n) is 1.98. The molecule has 1 aromatic rings. The van der Waals surface area contributed by atoms with Gasteiger partial charge in [-0.2, -0.15) is 0 Å². The van der Waals surface area contributed by atoms with E-state index in [0.29, 0.717) is 16.3 Å². The van der Waals surface area contributed by atoms with Crippen LogP contribution in [0.4, 0.5) is 5.69 Å². The second kappa shape index (κ2) is 6.08. The molecule has 1 rings (SSSR count). The highest BCUT2D eigenvalue weighted by Crippen LogP contribution is 2.30. The summed E-state index contributed by atoms with van der Waals surface area (Å²) in [6.45, 7) is 2.81. The Labute approximate surface area is 108 Å². The summed E-state index contributed by atoms with van der Waals surface area (Å²) in [5.74, 6) is 4.74. The smallest absolute Gasteiger partial charge is 0.267 e. The Morgan fingerprint density at radius 2 is 2.25 bits per heavy atom. The van der Waals surface area contributed by atoms with Gasteiger partial charge >= 0.3 is 0 Å². The number of hydrogen-bond acceptors (Lipinski definition) is 3. The Bertz CT molecular complexity index is 398. The molecule has 0 unspecified atom stereocenters. The molecule has 0 saturated heterocycles. The molecule has 0 bridgehead atoms. The van der Waals surface area contributed by atoms with E-state index in [1.807, 2.05) is 6.92 Å². The van der Waals surface area contributed by atoms with Crippen molar-refractivity contribution in [2.24, 2.45) is 5.84 Å². The van der Waals surface area contributed by atoms with Gasteiger partial charge in [0.05, 0.1) is 11.3 Å². The van der Waals surface area contributed by atoms with Crippen LogP contribution in [0.5, 0.6) is 0 Å². The van der Waals surface area contributed by atoms with Crippen molar-refractivity contribution in [3.63, 3.8) is 0 Å². The number of carbonyl (C=O) groups is 1. The minimum absolute atomic E-state index is 0.373. The molecule has 0 heterocycles. The summed E-state index contributed by atoms with van der Waals surface area (Å²) in [7, 11) is 0. The van der Waals surface area contributed by atoms with E-state index in [9.17, 15) is 4.79 Å². The van der Waals surface area contributed by atoms with Crippen LogP contribution in [0.25, 0.3) is 0 Å². The van der Waals surface area contributed by atoms with Gasteiger partial charge in [0.25, 0.3) is 5.91 Å².